The van der Waals surface area contributed by atoms with Crippen molar-refractivity contribution in [3.8, 4) is 0 Å². The van der Waals surface area contributed by atoms with Gasteiger partial charge in [0.15, 0.2) is 0 Å². The van der Waals surface area contributed by atoms with E-state index in [0.717, 1.165) is 16.6 Å². The number of hydrogen-bond donors (Lipinski definition) is 1. The third-order valence-corrected chi connectivity index (χ3v) is 4.44. The van der Waals surface area contributed by atoms with Crippen LogP contribution >= 0.6 is 27.5 Å². The van der Waals surface area contributed by atoms with Gasteiger partial charge in [-0.2, -0.15) is 0 Å². The van der Waals surface area contributed by atoms with E-state index in [-0.39, 0.29) is 17.8 Å². The van der Waals surface area contributed by atoms with Crippen LogP contribution in [0.3, 0.4) is 0 Å². The SMILES string of the molecule is CN(C)CCC(NC(=O)c1cc(Br)ccc1Cl)c1ccc(F)cc1. The first-order chi connectivity index (χ1) is 11.4. The van der Waals surface area contributed by atoms with Crippen LogP contribution in [0.1, 0.15) is 28.4 Å². The summed E-state index contributed by atoms with van der Waals surface area (Å²) in [5, 5.41) is 3.39. The largest absolute Gasteiger partial charge is 0.345 e. The van der Waals surface area contributed by atoms with Crippen molar-refractivity contribution in [2.45, 2.75) is 12.5 Å². The maximum Gasteiger partial charge on any atom is 0.253 e. The van der Waals surface area contributed by atoms with Gasteiger partial charge in [0.1, 0.15) is 5.82 Å². The molecule has 2 rings (SSSR count). The first-order valence-corrected chi connectivity index (χ1v) is 8.70. The van der Waals surface area contributed by atoms with Crippen LogP contribution in [-0.2, 0) is 0 Å². The molecule has 0 saturated carbocycles. The Kier molecular flexibility index (Phi) is 6.78. The minimum atomic E-state index is -0.300. The topological polar surface area (TPSA) is 32.3 Å². The Morgan fingerprint density at radius 1 is 1.25 bits per heavy atom. The normalized spacial score (nSPS) is 12.2. The number of halogens is 3. The fourth-order valence-electron chi connectivity index (χ4n) is 2.31. The minimum Gasteiger partial charge on any atom is -0.345 e. The van der Waals surface area contributed by atoms with Crippen molar-refractivity contribution in [2.75, 3.05) is 20.6 Å². The van der Waals surface area contributed by atoms with E-state index in [0.29, 0.717) is 17.0 Å². The molecule has 2 aromatic rings. The second-order valence-electron chi connectivity index (χ2n) is 5.79. The molecule has 0 aliphatic carbocycles. The van der Waals surface area contributed by atoms with Crippen LogP contribution < -0.4 is 5.32 Å². The summed E-state index contributed by atoms with van der Waals surface area (Å²) in [4.78, 5) is 14.6. The van der Waals surface area contributed by atoms with Gasteiger partial charge in [-0.05, 0) is 63.0 Å². The van der Waals surface area contributed by atoms with Crippen molar-refractivity contribution >= 4 is 33.4 Å². The van der Waals surface area contributed by atoms with Gasteiger partial charge in [0.2, 0.25) is 0 Å². The molecule has 0 radical (unpaired) electrons. The van der Waals surface area contributed by atoms with Gasteiger partial charge in [0.05, 0.1) is 16.6 Å². The van der Waals surface area contributed by atoms with Crippen molar-refractivity contribution in [1.29, 1.82) is 0 Å². The zero-order valence-corrected chi connectivity index (χ0v) is 15.9. The highest BCUT2D eigenvalue weighted by molar-refractivity contribution is 9.10. The smallest absolute Gasteiger partial charge is 0.253 e. The molecule has 0 bridgehead atoms. The van der Waals surface area contributed by atoms with E-state index in [1.54, 1.807) is 30.3 Å². The Balaban J connectivity index is 2.22. The quantitative estimate of drug-likeness (QED) is 0.747. The van der Waals surface area contributed by atoms with E-state index in [1.807, 2.05) is 19.0 Å². The molecular formula is C18H19BrClFN2O. The van der Waals surface area contributed by atoms with Gasteiger partial charge in [-0.1, -0.05) is 39.7 Å². The standard InChI is InChI=1S/C18H19BrClFN2O/c1-23(2)10-9-17(12-3-6-14(21)7-4-12)22-18(24)15-11-13(19)5-8-16(15)20/h3-8,11,17H,9-10H2,1-2H3,(H,22,24). The van der Waals surface area contributed by atoms with Gasteiger partial charge in [0, 0.05) is 4.47 Å². The number of nitrogens with one attached hydrogen (secondary N) is 1. The third-order valence-electron chi connectivity index (χ3n) is 3.62. The second-order valence-corrected chi connectivity index (χ2v) is 7.12. The molecule has 6 heteroatoms. The lowest BCUT2D eigenvalue weighted by Crippen LogP contribution is -2.31. The molecule has 0 heterocycles. The molecule has 0 spiro atoms. The molecule has 128 valence electrons. The Bertz CT molecular complexity index is 707. The number of nitrogens with zero attached hydrogens (tertiary/aromatic N) is 1. The average molecular weight is 414 g/mol. The molecule has 2 aromatic carbocycles. The fourth-order valence-corrected chi connectivity index (χ4v) is 2.88. The van der Waals surface area contributed by atoms with Gasteiger partial charge in [0.25, 0.3) is 5.91 Å². The minimum absolute atomic E-state index is 0.226. The lowest BCUT2D eigenvalue weighted by atomic mass is 10.0. The van der Waals surface area contributed by atoms with Gasteiger partial charge in [-0.15, -0.1) is 0 Å². The van der Waals surface area contributed by atoms with Gasteiger partial charge in [-0.25, -0.2) is 4.39 Å². The van der Waals surface area contributed by atoms with Crippen LogP contribution in [0.25, 0.3) is 0 Å². The molecule has 1 atom stereocenters. The van der Waals surface area contributed by atoms with Crippen LogP contribution in [0.5, 0.6) is 0 Å². The van der Waals surface area contributed by atoms with E-state index < -0.39 is 0 Å². The number of carbonyl (C=O) groups excluding carboxylic acids is 1. The number of benzene rings is 2. The van der Waals surface area contributed by atoms with Gasteiger partial charge < -0.3 is 10.2 Å². The number of amides is 1. The average Bonchev–Trinajstić information content (AvgIpc) is 2.54. The Morgan fingerprint density at radius 3 is 2.54 bits per heavy atom. The first kappa shape index (κ1) is 18.9. The fraction of sp³-hybridized carbons (Fsp3) is 0.278. The summed E-state index contributed by atoms with van der Waals surface area (Å²) in [5.74, 6) is -0.555. The van der Waals surface area contributed by atoms with Gasteiger partial charge >= 0.3 is 0 Å². The number of carbonyl (C=O) groups is 1. The molecule has 3 nitrogen and oxygen atoms in total. The van der Waals surface area contributed by atoms with Crippen LogP contribution in [-0.4, -0.2) is 31.4 Å². The highest BCUT2D eigenvalue weighted by Crippen LogP contribution is 2.23. The molecule has 1 amide bonds. The zero-order valence-electron chi connectivity index (χ0n) is 13.5. The molecule has 0 aliphatic rings. The molecule has 0 aromatic heterocycles. The molecule has 0 saturated heterocycles. The molecule has 1 N–H and O–H groups in total. The predicted molar refractivity (Wildman–Crippen MR) is 98.9 cm³/mol. The van der Waals surface area contributed by atoms with Crippen molar-refractivity contribution in [3.05, 3.63) is 68.9 Å². The van der Waals surface area contributed by atoms with E-state index in [2.05, 4.69) is 21.2 Å². The predicted octanol–water partition coefficient (Wildman–Crippen LogP) is 4.66. The summed E-state index contributed by atoms with van der Waals surface area (Å²) in [6, 6.07) is 11.1. The molecular weight excluding hydrogens is 395 g/mol. The molecule has 0 fully saturated rings. The Morgan fingerprint density at radius 2 is 1.92 bits per heavy atom. The summed E-state index contributed by atoms with van der Waals surface area (Å²) in [6.45, 7) is 0.786. The van der Waals surface area contributed by atoms with Crippen molar-refractivity contribution in [2.24, 2.45) is 0 Å². The summed E-state index contributed by atoms with van der Waals surface area (Å²) in [6.07, 6.45) is 0.704. The molecule has 24 heavy (non-hydrogen) atoms. The monoisotopic (exact) mass is 412 g/mol. The maximum atomic E-state index is 13.2. The summed E-state index contributed by atoms with van der Waals surface area (Å²) in [7, 11) is 3.93. The van der Waals surface area contributed by atoms with Crippen LogP contribution in [0.15, 0.2) is 46.9 Å². The van der Waals surface area contributed by atoms with Crippen LogP contribution in [0, 0.1) is 5.82 Å². The third kappa shape index (κ3) is 5.30. The Hall–Kier alpha value is -1.43. The molecule has 0 aliphatic heterocycles. The van der Waals surface area contributed by atoms with Crippen molar-refractivity contribution in [3.63, 3.8) is 0 Å². The maximum absolute atomic E-state index is 13.2. The lowest BCUT2D eigenvalue weighted by molar-refractivity contribution is 0.0933. The summed E-state index contributed by atoms with van der Waals surface area (Å²) in [5.41, 5.74) is 1.26. The summed E-state index contributed by atoms with van der Waals surface area (Å²) < 4.78 is 14.0. The highest BCUT2D eigenvalue weighted by atomic mass is 79.9. The van der Waals surface area contributed by atoms with Crippen LogP contribution in [0.4, 0.5) is 4.39 Å². The lowest BCUT2D eigenvalue weighted by Gasteiger charge is -2.21. The van der Waals surface area contributed by atoms with E-state index >= 15 is 0 Å². The Labute approximate surface area is 154 Å². The van der Waals surface area contributed by atoms with Crippen molar-refractivity contribution < 1.29 is 9.18 Å². The molecule has 1 unspecified atom stereocenters. The van der Waals surface area contributed by atoms with E-state index in [1.165, 1.54) is 12.1 Å². The highest BCUT2D eigenvalue weighted by Gasteiger charge is 2.18. The number of hydrogen-bond acceptors (Lipinski definition) is 2. The van der Waals surface area contributed by atoms with E-state index in [4.69, 9.17) is 11.6 Å². The van der Waals surface area contributed by atoms with Crippen LogP contribution in [0.2, 0.25) is 5.02 Å². The summed E-state index contributed by atoms with van der Waals surface area (Å²) >= 11 is 9.48. The van der Waals surface area contributed by atoms with E-state index in [9.17, 15) is 9.18 Å². The van der Waals surface area contributed by atoms with Gasteiger partial charge in [-0.3, -0.25) is 4.79 Å². The second kappa shape index (κ2) is 8.60. The first-order valence-electron chi connectivity index (χ1n) is 7.53. The number of rotatable bonds is 6. The van der Waals surface area contributed by atoms with Crippen molar-refractivity contribution in [1.82, 2.24) is 10.2 Å². The zero-order chi connectivity index (χ0) is 17.7.